The molecule has 0 heterocycles. The average molecular weight is 566 g/mol. The molecule has 0 bridgehead atoms. The first-order chi connectivity index (χ1) is 18.7. The third-order valence-electron chi connectivity index (χ3n) is 6.10. The van der Waals surface area contributed by atoms with Crippen LogP contribution in [0.25, 0.3) is 0 Å². The highest BCUT2D eigenvalue weighted by Crippen LogP contribution is 2.13. The van der Waals surface area contributed by atoms with Gasteiger partial charge in [0.25, 0.3) is 0 Å². The standard InChI is InChI=1S/C25H39N7O8/c1-3-13(2)20(24(39)40)32-23(38)18(11-14-6-8-15(33)9-7-14)31-22(37)17(5-4-10-29-25(27)28)30-21(36)16(26)12-19(34)35/h6-9,13,16-18,20,33H,3-5,10-12,26H2,1-2H3,(H,30,36)(H,31,37)(H,32,38)(H,34,35)(H,39,40)(H4,27,28,29). The molecule has 0 radical (unpaired) electrons. The average Bonchev–Trinajstić information content (AvgIpc) is 2.88. The molecule has 222 valence electrons. The number of carbonyl (C=O) groups is 5. The van der Waals surface area contributed by atoms with Gasteiger partial charge in [-0.05, 0) is 36.5 Å². The molecule has 1 aromatic rings. The molecule has 1 aromatic carbocycles. The molecule has 40 heavy (non-hydrogen) atoms. The summed E-state index contributed by atoms with van der Waals surface area (Å²) in [6.07, 6.45) is -0.0441. The van der Waals surface area contributed by atoms with E-state index in [9.17, 15) is 34.2 Å². The smallest absolute Gasteiger partial charge is 0.326 e. The summed E-state index contributed by atoms with van der Waals surface area (Å²) in [5.41, 5.74) is 16.8. The van der Waals surface area contributed by atoms with Gasteiger partial charge in [0.05, 0.1) is 12.5 Å². The largest absolute Gasteiger partial charge is 0.508 e. The predicted octanol–water partition coefficient (Wildman–Crippen LogP) is -1.62. The molecule has 15 heteroatoms. The summed E-state index contributed by atoms with van der Waals surface area (Å²) in [6.45, 7) is 3.55. The monoisotopic (exact) mass is 565 g/mol. The van der Waals surface area contributed by atoms with E-state index in [0.717, 1.165) is 0 Å². The lowest BCUT2D eigenvalue weighted by Gasteiger charge is -2.26. The number of aliphatic carboxylic acids is 2. The molecule has 0 aliphatic carbocycles. The third-order valence-corrected chi connectivity index (χ3v) is 6.10. The fraction of sp³-hybridized carbons (Fsp3) is 0.520. The van der Waals surface area contributed by atoms with E-state index < -0.39 is 66.2 Å². The lowest BCUT2D eigenvalue weighted by atomic mass is 9.98. The highest BCUT2D eigenvalue weighted by Gasteiger charge is 2.32. The number of guanidine groups is 1. The molecule has 0 saturated carbocycles. The number of rotatable bonds is 17. The number of aliphatic imine (C=N–C) groups is 1. The Kier molecular flexibility index (Phi) is 13.9. The Hall–Kier alpha value is -4.40. The number of nitrogens with one attached hydrogen (secondary N) is 3. The van der Waals surface area contributed by atoms with Crippen molar-refractivity contribution in [3.05, 3.63) is 29.8 Å². The van der Waals surface area contributed by atoms with E-state index in [0.29, 0.717) is 12.0 Å². The first-order valence-corrected chi connectivity index (χ1v) is 12.7. The van der Waals surface area contributed by atoms with Crippen molar-refractivity contribution in [2.24, 2.45) is 28.1 Å². The quantitative estimate of drug-likeness (QED) is 0.0587. The van der Waals surface area contributed by atoms with Gasteiger partial charge in [0, 0.05) is 13.0 Å². The Balaban J connectivity index is 3.22. The second kappa shape index (κ2) is 16.5. The fourth-order valence-corrected chi connectivity index (χ4v) is 3.62. The summed E-state index contributed by atoms with van der Waals surface area (Å²) in [5.74, 6) is -5.62. The van der Waals surface area contributed by atoms with E-state index in [1.54, 1.807) is 13.8 Å². The van der Waals surface area contributed by atoms with Gasteiger partial charge < -0.3 is 48.5 Å². The molecule has 0 aromatic heterocycles. The molecule has 5 unspecified atom stereocenters. The number of benzene rings is 1. The Morgan fingerprint density at radius 1 is 0.925 bits per heavy atom. The van der Waals surface area contributed by atoms with E-state index in [1.165, 1.54) is 24.3 Å². The minimum absolute atomic E-state index is 0.00626. The van der Waals surface area contributed by atoms with E-state index >= 15 is 0 Å². The van der Waals surface area contributed by atoms with Gasteiger partial charge in [-0.1, -0.05) is 32.4 Å². The van der Waals surface area contributed by atoms with Crippen LogP contribution in [0, 0.1) is 5.92 Å². The molecule has 1 rings (SSSR count). The van der Waals surface area contributed by atoms with Gasteiger partial charge in [-0.2, -0.15) is 0 Å². The number of phenols is 1. The van der Waals surface area contributed by atoms with Crippen molar-refractivity contribution in [3.8, 4) is 5.75 Å². The topological polar surface area (TPSA) is 273 Å². The normalized spacial score (nSPS) is 14.5. The van der Waals surface area contributed by atoms with Crippen LogP contribution in [0.3, 0.4) is 0 Å². The number of nitrogens with two attached hydrogens (primary N) is 3. The van der Waals surface area contributed by atoms with E-state index in [4.69, 9.17) is 22.3 Å². The fourth-order valence-electron chi connectivity index (χ4n) is 3.62. The Morgan fingerprint density at radius 2 is 1.50 bits per heavy atom. The Labute approximate surface area is 231 Å². The van der Waals surface area contributed by atoms with Crippen molar-refractivity contribution in [2.45, 2.75) is 70.1 Å². The molecule has 3 amide bonds. The summed E-state index contributed by atoms with van der Waals surface area (Å²) in [4.78, 5) is 65.6. The number of carbonyl (C=O) groups excluding carboxylic acids is 3. The van der Waals surface area contributed by atoms with Crippen LogP contribution < -0.4 is 33.2 Å². The maximum Gasteiger partial charge on any atom is 0.326 e. The van der Waals surface area contributed by atoms with Gasteiger partial charge in [0.2, 0.25) is 17.7 Å². The zero-order valence-corrected chi connectivity index (χ0v) is 22.5. The minimum Gasteiger partial charge on any atom is -0.508 e. The lowest BCUT2D eigenvalue weighted by molar-refractivity contribution is -0.143. The molecule has 0 fully saturated rings. The van der Waals surface area contributed by atoms with E-state index in [2.05, 4.69) is 20.9 Å². The van der Waals surface area contributed by atoms with Gasteiger partial charge in [0.15, 0.2) is 5.96 Å². The molecular weight excluding hydrogens is 526 g/mol. The zero-order chi connectivity index (χ0) is 30.4. The highest BCUT2D eigenvalue weighted by atomic mass is 16.4. The number of hydrogen-bond acceptors (Lipinski definition) is 8. The number of hydrogen-bond donors (Lipinski definition) is 9. The maximum absolute atomic E-state index is 13.3. The summed E-state index contributed by atoms with van der Waals surface area (Å²) in [6, 6.07) is 0.669. The van der Waals surface area contributed by atoms with Crippen LogP contribution in [0.1, 0.15) is 45.1 Å². The van der Waals surface area contributed by atoms with E-state index in [1.807, 2.05) is 0 Å². The summed E-state index contributed by atoms with van der Waals surface area (Å²) in [7, 11) is 0. The maximum atomic E-state index is 13.3. The number of carboxylic acid groups (broad SMARTS) is 2. The molecule has 0 saturated heterocycles. The van der Waals surface area contributed by atoms with E-state index in [-0.39, 0.29) is 37.5 Å². The number of nitrogens with zero attached hydrogens (tertiary/aromatic N) is 1. The van der Waals surface area contributed by atoms with Gasteiger partial charge in [-0.15, -0.1) is 0 Å². The molecule has 12 N–H and O–H groups in total. The van der Waals surface area contributed by atoms with Crippen molar-refractivity contribution in [2.75, 3.05) is 6.54 Å². The van der Waals surface area contributed by atoms with Crippen LogP contribution in [0.15, 0.2) is 29.3 Å². The van der Waals surface area contributed by atoms with Crippen LogP contribution >= 0.6 is 0 Å². The summed E-state index contributed by atoms with van der Waals surface area (Å²) in [5, 5.41) is 35.5. The SMILES string of the molecule is CCC(C)C(NC(=O)C(Cc1ccc(O)cc1)NC(=O)C(CCCN=C(N)N)NC(=O)C(N)CC(=O)O)C(=O)O. The number of aromatic hydroxyl groups is 1. The second-order valence-corrected chi connectivity index (χ2v) is 9.36. The van der Waals surface area contributed by atoms with Crippen LogP contribution in [-0.2, 0) is 30.4 Å². The molecule has 5 atom stereocenters. The van der Waals surface area contributed by atoms with Gasteiger partial charge >= 0.3 is 11.9 Å². The van der Waals surface area contributed by atoms with Gasteiger partial charge in [0.1, 0.15) is 23.9 Å². The lowest BCUT2D eigenvalue weighted by Crippen LogP contribution is -2.58. The van der Waals surface area contributed by atoms with Crippen molar-refractivity contribution < 1.29 is 39.3 Å². The zero-order valence-electron chi connectivity index (χ0n) is 22.5. The highest BCUT2D eigenvalue weighted by molar-refractivity contribution is 5.94. The summed E-state index contributed by atoms with van der Waals surface area (Å²) < 4.78 is 0. The number of phenolic OH excluding ortho intramolecular Hbond substituents is 1. The third kappa shape index (κ3) is 12.0. The second-order valence-electron chi connectivity index (χ2n) is 9.36. The van der Waals surface area contributed by atoms with Crippen molar-refractivity contribution in [1.82, 2.24) is 16.0 Å². The molecular formula is C25H39N7O8. The van der Waals surface area contributed by atoms with Crippen molar-refractivity contribution in [3.63, 3.8) is 0 Å². The molecule has 15 nitrogen and oxygen atoms in total. The summed E-state index contributed by atoms with van der Waals surface area (Å²) >= 11 is 0. The number of carboxylic acids is 2. The van der Waals surface area contributed by atoms with Crippen LogP contribution in [0.5, 0.6) is 5.75 Å². The molecule has 0 aliphatic heterocycles. The van der Waals surface area contributed by atoms with Gasteiger partial charge in [-0.25, -0.2) is 4.79 Å². The molecule has 0 spiro atoms. The Morgan fingerprint density at radius 3 is 2.02 bits per heavy atom. The van der Waals surface area contributed by atoms with Crippen LogP contribution in [0.4, 0.5) is 0 Å². The van der Waals surface area contributed by atoms with Crippen LogP contribution in [-0.4, -0.2) is 81.7 Å². The number of amides is 3. The molecule has 0 aliphatic rings. The predicted molar refractivity (Wildman–Crippen MR) is 145 cm³/mol. The minimum atomic E-state index is -1.44. The first kappa shape index (κ1) is 33.6. The van der Waals surface area contributed by atoms with Crippen molar-refractivity contribution >= 4 is 35.6 Å². The van der Waals surface area contributed by atoms with Crippen molar-refractivity contribution in [1.29, 1.82) is 0 Å². The Bertz CT molecular complexity index is 1060. The van der Waals surface area contributed by atoms with Gasteiger partial charge in [-0.3, -0.25) is 24.2 Å². The van der Waals surface area contributed by atoms with Crippen LogP contribution in [0.2, 0.25) is 0 Å². The first-order valence-electron chi connectivity index (χ1n) is 12.7.